The second-order valence-corrected chi connectivity index (χ2v) is 7.93. The maximum atomic E-state index is 12.5. The van der Waals surface area contributed by atoms with Crippen LogP contribution < -0.4 is 18.7 Å². The van der Waals surface area contributed by atoms with E-state index in [0.29, 0.717) is 32.9 Å². The average molecular weight is 451 g/mol. The fourth-order valence-corrected chi connectivity index (χ4v) is 3.93. The van der Waals surface area contributed by atoms with Crippen LogP contribution in [0.15, 0.2) is 60.7 Å². The topological polar surface area (TPSA) is 54.0 Å². The van der Waals surface area contributed by atoms with Gasteiger partial charge in [0.25, 0.3) is 0 Å². The third kappa shape index (κ3) is 4.96. The molecule has 0 unspecified atom stereocenters. The predicted molar refractivity (Wildman–Crippen MR) is 131 cm³/mol. The van der Waals surface area contributed by atoms with Crippen molar-refractivity contribution in [3.63, 3.8) is 0 Å². The molecule has 4 rings (SSSR count). The number of carbonyl (C=O) groups excluding carboxylic acids is 1. The lowest BCUT2D eigenvalue weighted by Gasteiger charge is -2.29. The predicted octanol–water partition coefficient (Wildman–Crippen LogP) is 5.67. The fraction of sp³-hybridized carbons (Fsp3) is 0.296. The van der Waals surface area contributed by atoms with Gasteiger partial charge in [-0.2, -0.15) is 0 Å². The van der Waals surface area contributed by atoms with Gasteiger partial charge in [0, 0.05) is 11.1 Å². The number of rotatable bonds is 6. The highest BCUT2D eigenvalue weighted by molar-refractivity contribution is 6.01. The first-order valence-electron chi connectivity index (χ1n) is 11.0. The fourth-order valence-electron chi connectivity index (χ4n) is 3.93. The number of carbonyl (C=O) groups is 1. The summed E-state index contributed by atoms with van der Waals surface area (Å²) in [5, 5.41) is 0. The zero-order chi connectivity index (χ0) is 24.0. The van der Waals surface area contributed by atoms with Crippen LogP contribution in [0.5, 0.6) is 17.2 Å². The Morgan fingerprint density at radius 1 is 0.970 bits per heavy atom. The molecule has 0 bridgehead atoms. The lowest BCUT2D eigenvalue weighted by Crippen LogP contribution is -2.39. The van der Waals surface area contributed by atoms with E-state index in [1.54, 1.807) is 13.2 Å². The van der Waals surface area contributed by atoms with E-state index in [0.717, 1.165) is 17.8 Å². The Bertz CT molecular complexity index is 1090. The Morgan fingerprint density at radius 2 is 1.64 bits per heavy atom. The van der Waals surface area contributed by atoms with Gasteiger partial charge in [0.05, 0.1) is 33.9 Å². The number of esters is 1. The van der Waals surface area contributed by atoms with Crippen LogP contribution in [0, 0.1) is 0 Å². The van der Waals surface area contributed by atoms with Crippen molar-refractivity contribution in [3.8, 4) is 28.4 Å². The summed E-state index contributed by atoms with van der Waals surface area (Å²) in [6, 6.07) is 20.2. The Kier molecular flexibility index (Phi) is 7.61. The van der Waals surface area contributed by atoms with Crippen molar-refractivity contribution in [2.75, 3.05) is 35.1 Å². The van der Waals surface area contributed by atoms with Crippen LogP contribution in [0.3, 0.4) is 0 Å². The minimum absolute atomic E-state index is 0.0832. The summed E-state index contributed by atoms with van der Waals surface area (Å²) < 4.78 is 22.4. The highest BCUT2D eigenvalue weighted by atomic mass is 16.7. The van der Waals surface area contributed by atoms with Crippen LogP contribution in [-0.2, 0) is 11.3 Å². The van der Waals surface area contributed by atoms with E-state index in [9.17, 15) is 4.79 Å². The molecule has 0 aliphatic carbocycles. The number of methoxy groups -OCH3 is 2. The van der Waals surface area contributed by atoms with Crippen molar-refractivity contribution < 1.29 is 23.7 Å². The van der Waals surface area contributed by atoms with Gasteiger partial charge in [0.15, 0.2) is 11.5 Å². The number of benzene rings is 3. The molecule has 3 aromatic rings. The van der Waals surface area contributed by atoms with Gasteiger partial charge < -0.3 is 18.9 Å². The number of quaternary nitrogens is 1. The standard InChI is InChI=1S/C25H26NO5.C2H6/c1-26(2,15-17-8-6-5-7-9-17)19-12-10-18(11-13-19)22-20(25(27)29-4)14-21-23(24(22)28-3)31-16-30-21;1-2/h5-14H,15-16H2,1-4H3;1-2H3/q+1;. The average Bonchev–Trinajstić information content (AvgIpc) is 3.32. The molecule has 0 spiro atoms. The molecular weight excluding hydrogens is 418 g/mol. The monoisotopic (exact) mass is 450 g/mol. The van der Waals surface area contributed by atoms with Crippen molar-refractivity contribution in [2.45, 2.75) is 20.4 Å². The van der Waals surface area contributed by atoms with E-state index in [1.165, 1.54) is 12.7 Å². The van der Waals surface area contributed by atoms with E-state index in [2.05, 4.69) is 50.5 Å². The molecule has 0 aromatic heterocycles. The third-order valence-corrected chi connectivity index (χ3v) is 5.50. The van der Waals surface area contributed by atoms with Crippen LogP contribution >= 0.6 is 0 Å². The first kappa shape index (κ1) is 24.1. The van der Waals surface area contributed by atoms with Gasteiger partial charge in [0.1, 0.15) is 12.2 Å². The summed E-state index contributed by atoms with van der Waals surface area (Å²) >= 11 is 0. The van der Waals surface area contributed by atoms with Gasteiger partial charge in [0.2, 0.25) is 12.5 Å². The summed E-state index contributed by atoms with van der Waals surface area (Å²) in [5.74, 6) is 0.963. The largest absolute Gasteiger partial charge is 0.492 e. The molecule has 6 heteroatoms. The quantitative estimate of drug-likeness (QED) is 0.358. The van der Waals surface area contributed by atoms with Crippen LogP contribution in [0.1, 0.15) is 29.8 Å². The SMILES string of the molecule is CC.COC(=O)c1cc2c(c(OC)c1-c1ccc([N+](C)(C)Cc3ccccc3)cc1)OCO2. The summed E-state index contributed by atoms with van der Waals surface area (Å²) in [6.45, 7) is 4.95. The van der Waals surface area contributed by atoms with Gasteiger partial charge in [-0.3, -0.25) is 4.48 Å². The van der Waals surface area contributed by atoms with Gasteiger partial charge in [-0.25, -0.2) is 4.79 Å². The van der Waals surface area contributed by atoms with Gasteiger partial charge in [-0.15, -0.1) is 0 Å². The molecule has 0 atom stereocenters. The number of nitrogens with zero attached hydrogens (tertiary/aromatic N) is 1. The van der Waals surface area contributed by atoms with E-state index in [-0.39, 0.29) is 6.79 Å². The third-order valence-electron chi connectivity index (χ3n) is 5.50. The summed E-state index contributed by atoms with van der Waals surface area (Å²) in [7, 11) is 7.25. The van der Waals surface area contributed by atoms with E-state index < -0.39 is 5.97 Å². The lowest BCUT2D eigenvalue weighted by atomic mass is 9.96. The molecule has 6 nitrogen and oxygen atoms in total. The van der Waals surface area contributed by atoms with Crippen LogP contribution in [-0.4, -0.2) is 41.1 Å². The maximum Gasteiger partial charge on any atom is 0.338 e. The van der Waals surface area contributed by atoms with Crippen LogP contribution in [0.25, 0.3) is 11.1 Å². The normalized spacial score (nSPS) is 11.9. The zero-order valence-corrected chi connectivity index (χ0v) is 20.2. The van der Waals surface area contributed by atoms with E-state index >= 15 is 0 Å². The molecule has 0 saturated heterocycles. The second-order valence-electron chi connectivity index (χ2n) is 7.93. The van der Waals surface area contributed by atoms with Crippen LogP contribution in [0.4, 0.5) is 5.69 Å². The first-order valence-corrected chi connectivity index (χ1v) is 11.0. The van der Waals surface area contributed by atoms with Gasteiger partial charge >= 0.3 is 5.97 Å². The molecule has 0 N–H and O–H groups in total. The van der Waals surface area contributed by atoms with Crippen molar-refractivity contribution in [2.24, 2.45) is 0 Å². The molecule has 0 radical (unpaired) electrons. The summed E-state index contributed by atoms with van der Waals surface area (Å²) in [5.41, 5.74) is 4.24. The highest BCUT2D eigenvalue weighted by Crippen LogP contribution is 2.49. The van der Waals surface area contributed by atoms with E-state index in [4.69, 9.17) is 18.9 Å². The van der Waals surface area contributed by atoms with Crippen molar-refractivity contribution in [1.82, 2.24) is 4.48 Å². The zero-order valence-electron chi connectivity index (χ0n) is 20.2. The number of ether oxygens (including phenoxy) is 4. The molecule has 3 aromatic carbocycles. The molecule has 174 valence electrons. The first-order chi connectivity index (χ1) is 15.9. The molecule has 0 amide bonds. The molecule has 1 heterocycles. The number of hydrogen-bond donors (Lipinski definition) is 0. The Labute approximate surface area is 195 Å². The summed E-state index contributed by atoms with van der Waals surface area (Å²) in [4.78, 5) is 12.5. The molecule has 33 heavy (non-hydrogen) atoms. The molecule has 0 saturated carbocycles. The number of fused-ring (bicyclic) bond motifs is 1. The minimum Gasteiger partial charge on any atom is -0.492 e. The van der Waals surface area contributed by atoms with E-state index in [1.807, 2.05) is 32.0 Å². The number of hydrogen-bond acceptors (Lipinski definition) is 5. The maximum absolute atomic E-state index is 12.5. The summed E-state index contributed by atoms with van der Waals surface area (Å²) in [6.07, 6.45) is 0. The smallest absolute Gasteiger partial charge is 0.338 e. The molecule has 1 aliphatic heterocycles. The van der Waals surface area contributed by atoms with Gasteiger partial charge in [-0.1, -0.05) is 44.2 Å². The Hall–Kier alpha value is -3.51. The Balaban J connectivity index is 0.00000149. The minimum atomic E-state index is -0.462. The molecule has 0 fully saturated rings. The molecular formula is C27H32NO5+. The molecule has 1 aliphatic rings. The van der Waals surface area contributed by atoms with Crippen LogP contribution in [0.2, 0.25) is 0 Å². The Morgan fingerprint density at radius 3 is 2.24 bits per heavy atom. The second kappa shape index (κ2) is 10.4. The lowest BCUT2D eigenvalue weighted by molar-refractivity contribution is 0.0601. The van der Waals surface area contributed by atoms with Crippen molar-refractivity contribution in [3.05, 3.63) is 71.8 Å². The van der Waals surface area contributed by atoms with Gasteiger partial charge in [-0.05, 0) is 35.9 Å². The van der Waals surface area contributed by atoms with Crippen molar-refractivity contribution >= 4 is 11.7 Å². The van der Waals surface area contributed by atoms with Crippen molar-refractivity contribution in [1.29, 1.82) is 0 Å². The highest BCUT2D eigenvalue weighted by Gasteiger charge is 2.29.